The van der Waals surface area contributed by atoms with Crippen LogP contribution in [0.2, 0.25) is 0 Å². The maximum atomic E-state index is 8.94. The Morgan fingerprint density at radius 2 is 1.96 bits per heavy atom. The number of benzene rings is 1. The minimum atomic E-state index is 0.496. The summed E-state index contributed by atoms with van der Waals surface area (Å²) in [6, 6.07) is 12.1. The van der Waals surface area contributed by atoms with Crippen LogP contribution in [0, 0.1) is 11.3 Å². The zero-order chi connectivity index (χ0) is 17.3. The van der Waals surface area contributed by atoms with Gasteiger partial charge in [-0.2, -0.15) is 9.94 Å². The molecule has 8 nitrogen and oxygen atoms in total. The van der Waals surface area contributed by atoms with E-state index in [1.54, 1.807) is 4.68 Å². The van der Waals surface area contributed by atoms with E-state index >= 15 is 0 Å². The topological polar surface area (TPSA) is 83.1 Å². The molecule has 0 saturated carbocycles. The van der Waals surface area contributed by atoms with Gasteiger partial charge in [0, 0.05) is 39.1 Å². The molecule has 1 aromatic carbocycles. The quantitative estimate of drug-likeness (QED) is 0.699. The summed E-state index contributed by atoms with van der Waals surface area (Å²) in [6.45, 7) is 6.69. The molecule has 8 heteroatoms. The summed E-state index contributed by atoms with van der Waals surface area (Å²) in [4.78, 5) is 4.63. The highest BCUT2D eigenvalue weighted by Gasteiger charge is 2.16. The number of hydrogen-bond acceptors (Lipinski definition) is 7. The van der Waals surface area contributed by atoms with Gasteiger partial charge in [0.1, 0.15) is 0 Å². The third-order valence-corrected chi connectivity index (χ3v) is 4.28. The van der Waals surface area contributed by atoms with E-state index in [2.05, 4.69) is 31.4 Å². The number of hydrogen-bond donors (Lipinski definition) is 0. The Hall–Kier alpha value is -2.34. The van der Waals surface area contributed by atoms with Crippen molar-refractivity contribution in [3.63, 3.8) is 0 Å². The second-order valence-electron chi connectivity index (χ2n) is 5.98. The average Bonchev–Trinajstić information content (AvgIpc) is 3.13. The van der Waals surface area contributed by atoms with Crippen molar-refractivity contribution in [3.8, 4) is 11.8 Å². The van der Waals surface area contributed by atoms with Gasteiger partial charge in [-0.25, -0.2) is 0 Å². The molecule has 2 heterocycles. The molecule has 1 aliphatic rings. The van der Waals surface area contributed by atoms with E-state index in [4.69, 9.17) is 10.00 Å². The Labute approximate surface area is 147 Å². The second-order valence-corrected chi connectivity index (χ2v) is 5.98. The number of para-hydroxylation sites is 1. The van der Waals surface area contributed by atoms with Gasteiger partial charge in [-0.3, -0.25) is 9.80 Å². The van der Waals surface area contributed by atoms with Crippen molar-refractivity contribution in [3.05, 3.63) is 36.2 Å². The molecule has 1 aliphatic heterocycles. The minimum Gasteiger partial charge on any atom is -0.379 e. The highest BCUT2D eigenvalue weighted by molar-refractivity contribution is 5.30. The zero-order valence-electron chi connectivity index (χ0n) is 14.3. The van der Waals surface area contributed by atoms with Crippen molar-refractivity contribution < 1.29 is 4.74 Å². The van der Waals surface area contributed by atoms with Crippen LogP contribution in [0.4, 0.5) is 0 Å². The van der Waals surface area contributed by atoms with Gasteiger partial charge < -0.3 is 4.74 Å². The SMILES string of the molecule is N#CCCN(CCN1CCOCC1)Cc1nnnn1-c1ccccc1. The van der Waals surface area contributed by atoms with Crippen LogP contribution in [0.3, 0.4) is 0 Å². The summed E-state index contributed by atoms with van der Waals surface area (Å²) >= 11 is 0. The van der Waals surface area contributed by atoms with Crippen LogP contribution >= 0.6 is 0 Å². The first-order valence-corrected chi connectivity index (χ1v) is 8.59. The number of morpholine rings is 1. The van der Waals surface area contributed by atoms with Gasteiger partial charge in [0.05, 0.1) is 31.5 Å². The Balaban J connectivity index is 1.64. The number of ether oxygens (including phenoxy) is 1. The molecule has 1 saturated heterocycles. The molecular formula is C17H23N7O. The van der Waals surface area contributed by atoms with Crippen molar-refractivity contribution >= 4 is 0 Å². The monoisotopic (exact) mass is 341 g/mol. The van der Waals surface area contributed by atoms with E-state index in [0.29, 0.717) is 19.5 Å². The molecule has 132 valence electrons. The van der Waals surface area contributed by atoms with Gasteiger partial charge in [-0.05, 0) is 22.6 Å². The van der Waals surface area contributed by atoms with E-state index in [9.17, 15) is 0 Å². The third-order valence-electron chi connectivity index (χ3n) is 4.28. The number of nitrogens with zero attached hydrogens (tertiary/aromatic N) is 7. The lowest BCUT2D eigenvalue weighted by Gasteiger charge is -2.29. The van der Waals surface area contributed by atoms with Crippen LogP contribution in [-0.2, 0) is 11.3 Å². The first kappa shape index (κ1) is 17.5. The number of rotatable bonds is 8. The van der Waals surface area contributed by atoms with Gasteiger partial charge >= 0.3 is 0 Å². The molecule has 25 heavy (non-hydrogen) atoms. The van der Waals surface area contributed by atoms with Crippen molar-refractivity contribution in [2.75, 3.05) is 45.9 Å². The van der Waals surface area contributed by atoms with E-state index in [1.807, 2.05) is 30.3 Å². The lowest BCUT2D eigenvalue weighted by atomic mass is 10.3. The van der Waals surface area contributed by atoms with Crippen LogP contribution < -0.4 is 0 Å². The van der Waals surface area contributed by atoms with Crippen LogP contribution in [0.15, 0.2) is 30.3 Å². The van der Waals surface area contributed by atoms with Crippen molar-refractivity contribution in [1.29, 1.82) is 5.26 Å². The summed E-state index contributed by atoms with van der Waals surface area (Å²) in [5, 5.41) is 21.1. The highest BCUT2D eigenvalue weighted by atomic mass is 16.5. The molecule has 0 atom stereocenters. The van der Waals surface area contributed by atoms with E-state index in [1.165, 1.54) is 0 Å². The van der Waals surface area contributed by atoms with E-state index in [0.717, 1.165) is 50.9 Å². The summed E-state index contributed by atoms with van der Waals surface area (Å²) in [5.74, 6) is 0.783. The Kier molecular flexibility index (Phi) is 6.45. The summed E-state index contributed by atoms with van der Waals surface area (Å²) in [7, 11) is 0. The molecule has 0 aliphatic carbocycles. The summed E-state index contributed by atoms with van der Waals surface area (Å²) in [5.41, 5.74) is 0.941. The van der Waals surface area contributed by atoms with Crippen molar-refractivity contribution in [2.45, 2.75) is 13.0 Å². The molecule has 2 aromatic rings. The van der Waals surface area contributed by atoms with Crippen LogP contribution in [0.25, 0.3) is 5.69 Å². The molecular weight excluding hydrogens is 318 g/mol. The Bertz CT molecular complexity index is 676. The molecule has 0 bridgehead atoms. The normalized spacial score (nSPS) is 15.4. The number of aromatic nitrogens is 4. The molecule has 0 unspecified atom stereocenters. The maximum Gasteiger partial charge on any atom is 0.170 e. The van der Waals surface area contributed by atoms with E-state index in [-0.39, 0.29) is 0 Å². The van der Waals surface area contributed by atoms with Crippen LogP contribution in [0.1, 0.15) is 12.2 Å². The molecule has 0 amide bonds. The number of nitriles is 1. The molecule has 0 spiro atoms. The average molecular weight is 341 g/mol. The smallest absolute Gasteiger partial charge is 0.170 e. The van der Waals surface area contributed by atoms with Gasteiger partial charge in [-0.1, -0.05) is 18.2 Å². The van der Waals surface area contributed by atoms with Gasteiger partial charge in [0.2, 0.25) is 0 Å². The lowest BCUT2D eigenvalue weighted by molar-refractivity contribution is 0.0329. The molecule has 0 N–H and O–H groups in total. The van der Waals surface area contributed by atoms with Crippen molar-refractivity contribution in [1.82, 2.24) is 30.0 Å². The Morgan fingerprint density at radius 1 is 1.16 bits per heavy atom. The van der Waals surface area contributed by atoms with E-state index < -0.39 is 0 Å². The van der Waals surface area contributed by atoms with Gasteiger partial charge in [0.25, 0.3) is 0 Å². The maximum absolute atomic E-state index is 8.94. The predicted octanol–water partition coefficient (Wildman–Crippen LogP) is 0.710. The van der Waals surface area contributed by atoms with Crippen LogP contribution in [-0.4, -0.2) is 75.9 Å². The second kappa shape index (κ2) is 9.22. The van der Waals surface area contributed by atoms with Crippen molar-refractivity contribution in [2.24, 2.45) is 0 Å². The third kappa shape index (κ3) is 5.06. The number of tetrazole rings is 1. The van der Waals surface area contributed by atoms with Gasteiger partial charge in [-0.15, -0.1) is 5.10 Å². The predicted molar refractivity (Wildman–Crippen MR) is 91.9 cm³/mol. The minimum absolute atomic E-state index is 0.496. The fourth-order valence-electron chi connectivity index (χ4n) is 2.86. The fraction of sp³-hybridized carbons (Fsp3) is 0.529. The zero-order valence-corrected chi connectivity index (χ0v) is 14.3. The molecule has 1 aromatic heterocycles. The lowest BCUT2D eigenvalue weighted by Crippen LogP contribution is -2.41. The fourth-order valence-corrected chi connectivity index (χ4v) is 2.86. The summed E-state index contributed by atoms with van der Waals surface area (Å²) in [6.07, 6.45) is 0.496. The molecule has 0 radical (unpaired) electrons. The van der Waals surface area contributed by atoms with Crippen LogP contribution in [0.5, 0.6) is 0 Å². The molecule has 1 fully saturated rings. The first-order valence-electron chi connectivity index (χ1n) is 8.59. The largest absolute Gasteiger partial charge is 0.379 e. The first-order chi connectivity index (χ1) is 12.4. The Morgan fingerprint density at radius 3 is 2.72 bits per heavy atom. The standard InChI is InChI=1S/C17H23N7O/c18-7-4-8-23(10-9-22-11-13-25-14-12-22)15-17-19-20-21-24(17)16-5-2-1-3-6-16/h1-3,5-6H,4,8-15H2. The van der Waals surface area contributed by atoms with Gasteiger partial charge in [0.15, 0.2) is 5.82 Å². The summed E-state index contributed by atoms with van der Waals surface area (Å²) < 4.78 is 7.15. The molecule has 3 rings (SSSR count). The highest BCUT2D eigenvalue weighted by Crippen LogP contribution is 2.10.